The fourth-order valence-electron chi connectivity index (χ4n) is 6.55. The number of carboxylic acids is 3. The summed E-state index contributed by atoms with van der Waals surface area (Å²) in [7, 11) is 0. The van der Waals surface area contributed by atoms with Crippen molar-refractivity contribution in [1.29, 1.82) is 0 Å². The topological polar surface area (TPSA) is 505 Å². The number of aliphatic hydroxyl groups is 8. The third kappa shape index (κ3) is 16.4. The first-order valence-electron chi connectivity index (χ1n) is 20.8. The average Bonchev–Trinajstić information content (AvgIpc) is 3.32. The highest BCUT2D eigenvalue weighted by Crippen LogP contribution is 2.22. The number of aromatic amines is 1. The van der Waals surface area contributed by atoms with Gasteiger partial charge in [-0.3, -0.25) is 38.5 Å². The SMILES string of the molecule is Nc1nc2ncc(CNc3ccc(C(=O)N[C@@H](CCC(=O)C[C@H](C(=O)N[C@@H](CC(=O)O)C(=O)C[C@H](C(=O)N[C@H](CS)C(=O)O)[C@@H](O)[C@H](O)[C@H](O)CO)[C@@H](O)[C@H](O)[C@H](O)CO)C(=O)O)cc3)nc2c(=O)[nH]1. The first kappa shape index (κ1) is 57.5. The lowest BCUT2D eigenvalue weighted by Gasteiger charge is -2.31. The number of carboxylic acid groups (broad SMARTS) is 3. The molecule has 0 aliphatic rings. The van der Waals surface area contributed by atoms with Crippen molar-refractivity contribution in [3.05, 3.63) is 52.1 Å². The Hall–Kier alpha value is -6.77. The molecule has 2 heterocycles. The van der Waals surface area contributed by atoms with E-state index in [1.54, 1.807) is 0 Å². The van der Waals surface area contributed by atoms with Crippen LogP contribution in [0.5, 0.6) is 0 Å². The van der Waals surface area contributed by atoms with Crippen molar-refractivity contribution < 1.29 is 94.5 Å². The van der Waals surface area contributed by atoms with Crippen LogP contribution >= 0.6 is 12.6 Å². The number of Topliss-reactive ketones (excluding diaryl/α,β-unsaturated/α-hetero) is 2. The van der Waals surface area contributed by atoms with Gasteiger partial charge in [0.2, 0.25) is 17.8 Å². The fraction of sp³-hybridized carbons (Fsp3) is 0.500. The second-order valence-electron chi connectivity index (χ2n) is 15.6. The summed E-state index contributed by atoms with van der Waals surface area (Å²) in [5, 5.41) is 119. The van der Waals surface area contributed by atoms with Crippen molar-refractivity contribution in [1.82, 2.24) is 35.9 Å². The van der Waals surface area contributed by atoms with Gasteiger partial charge in [-0.25, -0.2) is 19.6 Å². The Bertz CT molecular complexity index is 2410. The van der Waals surface area contributed by atoms with Crippen molar-refractivity contribution in [3.8, 4) is 0 Å². The molecule has 0 spiro atoms. The van der Waals surface area contributed by atoms with Crippen molar-refractivity contribution in [3.63, 3.8) is 0 Å². The molecule has 3 rings (SSSR count). The number of amides is 3. The van der Waals surface area contributed by atoms with Gasteiger partial charge in [0.1, 0.15) is 42.3 Å². The van der Waals surface area contributed by atoms with Gasteiger partial charge in [-0.2, -0.15) is 17.6 Å². The van der Waals surface area contributed by atoms with E-state index in [-0.39, 0.29) is 29.2 Å². The van der Waals surface area contributed by atoms with Crippen molar-refractivity contribution in [2.24, 2.45) is 11.8 Å². The molecule has 11 atom stereocenters. The Kier molecular flexibility index (Phi) is 22.1. The smallest absolute Gasteiger partial charge is 0.327 e. The Labute approximate surface area is 399 Å². The number of aromatic nitrogens is 4. The van der Waals surface area contributed by atoms with E-state index in [2.05, 4.69) is 43.2 Å². The average molecular weight is 1010 g/mol. The van der Waals surface area contributed by atoms with E-state index in [1.165, 1.54) is 30.5 Å². The molecule has 0 saturated heterocycles. The minimum atomic E-state index is -2.47. The van der Waals surface area contributed by atoms with Gasteiger partial charge in [-0.1, -0.05) is 0 Å². The summed E-state index contributed by atoms with van der Waals surface area (Å²) in [5.41, 5.74) is 5.66. The predicted molar refractivity (Wildman–Crippen MR) is 238 cm³/mol. The number of nitrogens with two attached hydrogens (primary N) is 1. The molecule has 29 nitrogen and oxygen atoms in total. The number of carbonyl (C=O) groups excluding carboxylic acids is 5. The quantitative estimate of drug-likeness (QED) is 0.0276. The number of nitrogens with zero attached hydrogens (tertiary/aromatic N) is 3. The van der Waals surface area contributed by atoms with E-state index in [0.717, 1.165) is 0 Å². The summed E-state index contributed by atoms with van der Waals surface area (Å²) < 4.78 is 0. The zero-order chi connectivity index (χ0) is 52.6. The third-order valence-electron chi connectivity index (χ3n) is 10.5. The van der Waals surface area contributed by atoms with Gasteiger partial charge >= 0.3 is 17.9 Å². The van der Waals surface area contributed by atoms with E-state index in [0.29, 0.717) is 11.4 Å². The maximum Gasteiger partial charge on any atom is 0.327 e. The number of anilines is 2. The summed E-state index contributed by atoms with van der Waals surface area (Å²) in [6.45, 7) is -2.31. The monoisotopic (exact) mass is 1010 g/mol. The summed E-state index contributed by atoms with van der Waals surface area (Å²) in [4.78, 5) is 129. The molecule has 70 heavy (non-hydrogen) atoms. The molecule has 0 radical (unpaired) electrons. The fourth-order valence-corrected chi connectivity index (χ4v) is 6.79. The van der Waals surface area contributed by atoms with Crippen LogP contribution in [0, 0.1) is 11.8 Å². The van der Waals surface area contributed by atoms with Gasteiger partial charge in [0.15, 0.2) is 16.9 Å². The van der Waals surface area contributed by atoms with Crippen LogP contribution in [0.1, 0.15) is 48.2 Å². The molecule has 0 fully saturated rings. The van der Waals surface area contributed by atoms with Gasteiger partial charge in [-0.05, 0) is 30.7 Å². The maximum atomic E-state index is 13.7. The summed E-state index contributed by atoms with van der Waals surface area (Å²) in [6.07, 6.45) is -17.7. The lowest BCUT2D eigenvalue weighted by molar-refractivity contribution is -0.149. The van der Waals surface area contributed by atoms with Crippen molar-refractivity contribution in [2.75, 3.05) is 30.0 Å². The van der Waals surface area contributed by atoms with E-state index >= 15 is 0 Å². The second kappa shape index (κ2) is 26.8. The van der Waals surface area contributed by atoms with E-state index < -0.39 is 170 Å². The van der Waals surface area contributed by atoms with Gasteiger partial charge in [-0.15, -0.1) is 0 Å². The van der Waals surface area contributed by atoms with Gasteiger partial charge in [0.25, 0.3) is 11.5 Å². The number of fused-ring (bicyclic) bond motifs is 1. The Morgan fingerprint density at radius 1 is 0.700 bits per heavy atom. The molecule has 0 saturated carbocycles. The number of hydrogen-bond donors (Lipinski definition) is 18. The number of carbonyl (C=O) groups is 8. The first-order chi connectivity index (χ1) is 32.9. The number of rotatable bonds is 30. The van der Waals surface area contributed by atoms with Crippen LogP contribution in [0.15, 0.2) is 35.3 Å². The van der Waals surface area contributed by atoms with Gasteiger partial charge in [0, 0.05) is 36.3 Å². The molecule has 3 amide bonds. The Morgan fingerprint density at radius 2 is 1.24 bits per heavy atom. The van der Waals surface area contributed by atoms with Crippen molar-refractivity contribution in [2.45, 2.75) is 93.4 Å². The van der Waals surface area contributed by atoms with Crippen LogP contribution in [-0.4, -0.2) is 197 Å². The van der Waals surface area contributed by atoms with Crippen LogP contribution in [-0.2, 0) is 40.1 Å². The molecule has 0 aliphatic carbocycles. The summed E-state index contributed by atoms with van der Waals surface area (Å²) in [6, 6.07) is -0.158. The number of H-pyrrole nitrogens is 1. The Morgan fingerprint density at radius 3 is 1.76 bits per heavy atom. The lowest BCUT2D eigenvalue weighted by Crippen LogP contribution is -2.54. The number of nitrogens with one attached hydrogen (secondary N) is 5. The minimum Gasteiger partial charge on any atom is -0.481 e. The van der Waals surface area contributed by atoms with Crippen LogP contribution in [0.2, 0.25) is 0 Å². The van der Waals surface area contributed by atoms with Crippen molar-refractivity contribution >= 4 is 82.6 Å². The number of thiol groups is 1. The summed E-state index contributed by atoms with van der Waals surface area (Å²) >= 11 is 3.78. The van der Waals surface area contributed by atoms with E-state index in [1.807, 2.05) is 10.6 Å². The predicted octanol–water partition coefficient (Wildman–Crippen LogP) is -6.37. The number of ketones is 2. The molecule has 2 aromatic heterocycles. The largest absolute Gasteiger partial charge is 0.481 e. The molecule has 0 unspecified atom stereocenters. The highest BCUT2D eigenvalue weighted by atomic mass is 32.1. The first-order valence-corrected chi connectivity index (χ1v) is 21.5. The Balaban J connectivity index is 1.77. The molecule has 1 aromatic carbocycles. The maximum absolute atomic E-state index is 13.7. The zero-order valence-corrected chi connectivity index (χ0v) is 37.5. The third-order valence-corrected chi connectivity index (χ3v) is 10.9. The number of benzene rings is 1. The van der Waals surface area contributed by atoms with Crippen LogP contribution < -0.4 is 32.6 Å². The summed E-state index contributed by atoms with van der Waals surface area (Å²) in [5.74, 6) is -16.5. The molecular formula is C40H53N9O20S. The molecule has 18 N–H and O–H groups in total. The van der Waals surface area contributed by atoms with Crippen LogP contribution in [0.4, 0.5) is 11.6 Å². The lowest BCUT2D eigenvalue weighted by atomic mass is 9.86. The van der Waals surface area contributed by atoms with Crippen LogP contribution in [0.3, 0.4) is 0 Å². The molecule has 0 bridgehead atoms. The molecule has 30 heteroatoms. The number of aliphatic carboxylic acids is 3. The van der Waals surface area contributed by atoms with Gasteiger partial charge in [0.05, 0.1) is 68.2 Å². The minimum absolute atomic E-state index is 0.0310. The molecule has 384 valence electrons. The highest BCUT2D eigenvalue weighted by Gasteiger charge is 2.42. The number of hydrogen-bond acceptors (Lipinski definition) is 23. The molecular weight excluding hydrogens is 959 g/mol. The number of aliphatic hydroxyl groups excluding tert-OH is 8. The van der Waals surface area contributed by atoms with E-state index in [4.69, 9.17) is 5.73 Å². The zero-order valence-electron chi connectivity index (χ0n) is 36.6. The van der Waals surface area contributed by atoms with E-state index in [9.17, 15) is 99.3 Å². The highest BCUT2D eigenvalue weighted by molar-refractivity contribution is 7.80. The second-order valence-corrected chi connectivity index (χ2v) is 16.0. The standard InChI is InChI=1S/C40H53N9O20S/c41-40-48-33-28(37(65)49-40)44-17(11-43-33)10-42-16-3-1-15(2-4-16)34(62)45-21(38(66)67)6-5-18(52)7-19(29(58)31(60)25(54)12-50)35(63)46-22(9-27(56)57)24(53)8-20(30(59)32(61)26(55)13-51)36(64)47-23(14-70)39(68)69/h1-4,11,19-23,25-26,29-32,42,50-51,54-55,58-61,70H,5-10,12-14H2,(H,45,62)(H,46,63)(H,47,64)(H,56,57)(H,66,67)(H,68,69)(H3,41,43,48,49,65)/t19-,20-,21-,22-,23+,25+,26+,29+,30+,31+,32+/m0/s1. The number of nitrogen functional groups attached to an aromatic ring is 1. The molecule has 0 aliphatic heterocycles. The molecule has 3 aromatic rings. The van der Waals surface area contributed by atoms with Gasteiger partial charge < -0.3 is 83.2 Å². The van der Waals surface area contributed by atoms with Crippen LogP contribution in [0.25, 0.3) is 11.2 Å². The normalized spacial score (nSPS) is 16.1.